The molecule has 12 heavy (non-hydrogen) atoms. The van der Waals surface area contributed by atoms with E-state index in [1.54, 1.807) is 0 Å². The van der Waals surface area contributed by atoms with E-state index < -0.39 is 0 Å². The molecular weight excluding hydrogens is 152 g/mol. The maximum atomic E-state index is 11.1. The number of rotatable bonds is 3. The maximum absolute atomic E-state index is 11.1. The van der Waals surface area contributed by atoms with Gasteiger partial charge in [-0.1, -0.05) is 5.92 Å². The Labute approximate surface area is 73.1 Å². The molecule has 0 atom stereocenters. The lowest BCUT2D eigenvalue weighted by atomic mass is 10.2. The monoisotopic (exact) mass is 166 g/mol. The molecule has 0 aromatic rings. The number of terminal acetylenes is 1. The normalized spacial score (nSPS) is 18.6. The minimum Gasteiger partial charge on any atom is -0.314 e. The molecule has 0 unspecified atom stereocenters. The predicted molar refractivity (Wildman–Crippen MR) is 47.8 cm³/mol. The summed E-state index contributed by atoms with van der Waals surface area (Å²) in [6, 6.07) is 0. The third-order valence-corrected chi connectivity index (χ3v) is 1.91. The molecule has 1 aliphatic rings. The van der Waals surface area contributed by atoms with Gasteiger partial charge < -0.3 is 5.32 Å². The Morgan fingerprint density at radius 3 is 2.75 bits per heavy atom. The van der Waals surface area contributed by atoms with Crippen LogP contribution in [0, 0.1) is 12.3 Å². The van der Waals surface area contributed by atoms with Crippen molar-refractivity contribution in [2.75, 3.05) is 32.7 Å². The first kappa shape index (κ1) is 9.24. The second-order valence-electron chi connectivity index (χ2n) is 2.95. The van der Waals surface area contributed by atoms with Crippen molar-refractivity contribution in [3.05, 3.63) is 0 Å². The molecule has 0 amide bonds. The first-order valence-electron chi connectivity index (χ1n) is 4.21. The van der Waals surface area contributed by atoms with Crippen LogP contribution in [-0.2, 0) is 4.79 Å². The number of hydrogen-bond acceptors (Lipinski definition) is 3. The van der Waals surface area contributed by atoms with E-state index in [-0.39, 0.29) is 12.2 Å². The van der Waals surface area contributed by atoms with Gasteiger partial charge in [0.05, 0.1) is 13.0 Å². The van der Waals surface area contributed by atoms with E-state index in [1.165, 1.54) is 0 Å². The average molecular weight is 166 g/mol. The lowest BCUT2D eigenvalue weighted by Gasteiger charge is -2.26. The standard InChI is InChI=1S/C9H14N2O/c1-2-3-9(12)8-11-6-4-10-5-7-11/h1,10H,3-8H2. The third kappa shape index (κ3) is 3.04. The molecule has 1 saturated heterocycles. The van der Waals surface area contributed by atoms with Crippen LogP contribution in [0.3, 0.4) is 0 Å². The molecule has 0 aliphatic carbocycles. The van der Waals surface area contributed by atoms with Crippen LogP contribution in [-0.4, -0.2) is 43.4 Å². The molecule has 3 heteroatoms. The van der Waals surface area contributed by atoms with Crippen molar-refractivity contribution in [3.8, 4) is 12.3 Å². The topological polar surface area (TPSA) is 32.3 Å². The van der Waals surface area contributed by atoms with Crippen LogP contribution in [0.5, 0.6) is 0 Å². The molecule has 0 spiro atoms. The number of carbonyl (C=O) groups excluding carboxylic acids is 1. The van der Waals surface area contributed by atoms with Crippen LogP contribution in [0.15, 0.2) is 0 Å². The highest BCUT2D eigenvalue weighted by molar-refractivity contribution is 5.82. The SMILES string of the molecule is C#CCC(=O)CN1CCNCC1. The number of hydrogen-bond donors (Lipinski definition) is 1. The highest BCUT2D eigenvalue weighted by Gasteiger charge is 2.11. The Morgan fingerprint density at radius 2 is 2.17 bits per heavy atom. The first-order valence-corrected chi connectivity index (χ1v) is 4.21. The minimum absolute atomic E-state index is 0.152. The Morgan fingerprint density at radius 1 is 1.50 bits per heavy atom. The summed E-state index contributed by atoms with van der Waals surface area (Å²) in [5.74, 6) is 2.52. The molecule has 1 aliphatic heterocycles. The zero-order valence-electron chi connectivity index (χ0n) is 7.18. The Balaban J connectivity index is 2.21. The molecule has 3 nitrogen and oxygen atoms in total. The molecule has 0 aromatic heterocycles. The zero-order valence-corrected chi connectivity index (χ0v) is 7.18. The average Bonchev–Trinajstić information content (AvgIpc) is 2.06. The van der Waals surface area contributed by atoms with Crippen molar-refractivity contribution in [2.24, 2.45) is 0 Å². The van der Waals surface area contributed by atoms with E-state index >= 15 is 0 Å². The summed E-state index contributed by atoms with van der Waals surface area (Å²) in [6.45, 7) is 4.38. The number of ketones is 1. The van der Waals surface area contributed by atoms with Crippen LogP contribution in [0.2, 0.25) is 0 Å². The lowest BCUT2D eigenvalue weighted by molar-refractivity contribution is -0.119. The Hall–Kier alpha value is -0.850. The van der Waals surface area contributed by atoms with Crippen molar-refractivity contribution in [3.63, 3.8) is 0 Å². The summed E-state index contributed by atoms with van der Waals surface area (Å²) >= 11 is 0. The van der Waals surface area contributed by atoms with E-state index in [4.69, 9.17) is 6.42 Å². The van der Waals surface area contributed by atoms with Gasteiger partial charge in [-0.25, -0.2) is 0 Å². The van der Waals surface area contributed by atoms with Gasteiger partial charge in [-0.15, -0.1) is 6.42 Å². The van der Waals surface area contributed by atoms with Gasteiger partial charge >= 0.3 is 0 Å². The van der Waals surface area contributed by atoms with E-state index in [0.717, 1.165) is 26.2 Å². The summed E-state index contributed by atoms with van der Waals surface area (Å²) in [5.41, 5.74) is 0. The molecule has 66 valence electrons. The highest BCUT2D eigenvalue weighted by atomic mass is 16.1. The van der Waals surface area contributed by atoms with Gasteiger partial charge in [0.25, 0.3) is 0 Å². The molecule has 0 aromatic carbocycles. The molecule has 0 saturated carbocycles. The molecule has 1 fully saturated rings. The number of carbonyl (C=O) groups is 1. The van der Waals surface area contributed by atoms with Gasteiger partial charge in [0.1, 0.15) is 0 Å². The molecule has 0 bridgehead atoms. The van der Waals surface area contributed by atoms with Gasteiger partial charge in [0, 0.05) is 26.2 Å². The molecule has 1 rings (SSSR count). The second-order valence-corrected chi connectivity index (χ2v) is 2.95. The number of nitrogens with zero attached hydrogens (tertiary/aromatic N) is 1. The van der Waals surface area contributed by atoms with Crippen LogP contribution < -0.4 is 5.32 Å². The van der Waals surface area contributed by atoms with Crippen molar-refractivity contribution in [1.29, 1.82) is 0 Å². The lowest BCUT2D eigenvalue weighted by Crippen LogP contribution is -2.45. The predicted octanol–water partition coefficient (Wildman–Crippen LogP) is -0.516. The van der Waals surface area contributed by atoms with E-state index in [9.17, 15) is 4.79 Å². The van der Waals surface area contributed by atoms with E-state index in [0.29, 0.717) is 6.54 Å². The maximum Gasteiger partial charge on any atom is 0.158 e. The van der Waals surface area contributed by atoms with Crippen LogP contribution in [0.1, 0.15) is 6.42 Å². The number of piperazine rings is 1. The fourth-order valence-electron chi connectivity index (χ4n) is 1.29. The van der Waals surface area contributed by atoms with Gasteiger partial charge in [-0.2, -0.15) is 0 Å². The van der Waals surface area contributed by atoms with Crippen LogP contribution >= 0.6 is 0 Å². The highest BCUT2D eigenvalue weighted by Crippen LogP contribution is 1.93. The quantitative estimate of drug-likeness (QED) is 0.573. The van der Waals surface area contributed by atoms with Gasteiger partial charge in [0.2, 0.25) is 0 Å². The van der Waals surface area contributed by atoms with Crippen molar-refractivity contribution < 1.29 is 4.79 Å². The number of nitrogens with one attached hydrogen (secondary N) is 1. The molecule has 1 N–H and O–H groups in total. The summed E-state index contributed by atoms with van der Waals surface area (Å²) in [4.78, 5) is 13.2. The first-order chi connectivity index (χ1) is 5.83. The van der Waals surface area contributed by atoms with E-state index in [1.807, 2.05) is 0 Å². The molecular formula is C9H14N2O. The summed E-state index contributed by atoms with van der Waals surface area (Å²) in [6.07, 6.45) is 5.30. The summed E-state index contributed by atoms with van der Waals surface area (Å²) in [7, 11) is 0. The van der Waals surface area contributed by atoms with Gasteiger partial charge in [0.15, 0.2) is 5.78 Å². The Bertz CT molecular complexity index is 189. The van der Waals surface area contributed by atoms with Crippen molar-refractivity contribution in [1.82, 2.24) is 10.2 Å². The summed E-state index contributed by atoms with van der Waals surface area (Å²) in [5, 5.41) is 3.23. The largest absolute Gasteiger partial charge is 0.314 e. The third-order valence-electron chi connectivity index (χ3n) is 1.91. The summed E-state index contributed by atoms with van der Waals surface area (Å²) < 4.78 is 0. The Kier molecular flexibility index (Phi) is 3.78. The van der Waals surface area contributed by atoms with Gasteiger partial charge in [-0.05, 0) is 0 Å². The fourth-order valence-corrected chi connectivity index (χ4v) is 1.29. The smallest absolute Gasteiger partial charge is 0.158 e. The molecule has 0 radical (unpaired) electrons. The van der Waals surface area contributed by atoms with Gasteiger partial charge in [-0.3, -0.25) is 9.69 Å². The van der Waals surface area contributed by atoms with E-state index in [2.05, 4.69) is 16.1 Å². The fraction of sp³-hybridized carbons (Fsp3) is 0.667. The molecule has 1 heterocycles. The minimum atomic E-state index is 0.152. The van der Waals surface area contributed by atoms with Crippen molar-refractivity contribution >= 4 is 5.78 Å². The van der Waals surface area contributed by atoms with Crippen LogP contribution in [0.4, 0.5) is 0 Å². The van der Waals surface area contributed by atoms with Crippen molar-refractivity contribution in [2.45, 2.75) is 6.42 Å². The number of Topliss-reactive ketones (excluding diaryl/α,β-unsaturated/α-hetero) is 1. The second kappa shape index (κ2) is 4.91. The van der Waals surface area contributed by atoms with Crippen LogP contribution in [0.25, 0.3) is 0 Å². The zero-order chi connectivity index (χ0) is 8.81.